The number of benzene rings is 3. The van der Waals surface area contributed by atoms with Gasteiger partial charge in [-0.3, -0.25) is 0 Å². The van der Waals surface area contributed by atoms with E-state index in [4.69, 9.17) is 14.2 Å². The molecule has 0 saturated heterocycles. The van der Waals surface area contributed by atoms with Crippen molar-refractivity contribution >= 4 is 9.03 Å². The number of hydrogen-bond acceptors (Lipinski definition) is 3. The lowest BCUT2D eigenvalue weighted by molar-refractivity contribution is 0.471. The Bertz CT molecular complexity index is 884. The molecule has 28 heavy (non-hydrogen) atoms. The molecule has 0 amide bonds. The third-order valence-electron chi connectivity index (χ3n) is 4.32. The predicted octanol–water partition coefficient (Wildman–Crippen LogP) is 6.90. The smallest absolute Gasteiger partial charge is 0.275 e. The third-order valence-corrected chi connectivity index (χ3v) is 4.92. The van der Waals surface area contributed by atoms with Crippen molar-refractivity contribution in [1.29, 1.82) is 0 Å². The number of phenols is 1. The van der Waals surface area contributed by atoms with Gasteiger partial charge in [0.05, 0.1) is 0 Å². The van der Waals surface area contributed by atoms with Gasteiger partial charge in [0.25, 0.3) is 9.03 Å². The van der Waals surface area contributed by atoms with Gasteiger partial charge in [-0.2, -0.15) is 0 Å². The van der Waals surface area contributed by atoms with Crippen molar-refractivity contribution in [3.63, 3.8) is 0 Å². The number of phenolic OH excluding ortho intramolecular Hbond substituents is 1. The minimum atomic E-state index is -0.0265. The van der Waals surface area contributed by atoms with E-state index >= 15 is 0 Å². The van der Waals surface area contributed by atoms with Crippen molar-refractivity contribution in [2.75, 3.05) is 0 Å². The van der Waals surface area contributed by atoms with E-state index < -0.39 is 0 Å². The summed E-state index contributed by atoms with van der Waals surface area (Å²) >= 11 is 0. The Kier molecular flexibility index (Phi) is 7.90. The first-order chi connectivity index (χ1) is 13.3. The number of aromatic hydroxyl groups is 1. The van der Waals surface area contributed by atoms with Crippen LogP contribution in [0.4, 0.5) is 0 Å². The predicted molar refractivity (Wildman–Crippen MR) is 119 cm³/mol. The minimum absolute atomic E-state index is 0.0265. The van der Waals surface area contributed by atoms with Gasteiger partial charge in [0.1, 0.15) is 17.2 Å². The number of rotatable bonds is 4. The molecule has 0 unspecified atom stereocenters. The monoisotopic (exact) mass is 396 g/mol. The summed E-state index contributed by atoms with van der Waals surface area (Å²) in [6, 6.07) is 17.8. The maximum Gasteiger partial charge on any atom is 0.275 e. The van der Waals surface area contributed by atoms with E-state index in [1.165, 1.54) is 16.7 Å². The zero-order valence-corrected chi connectivity index (χ0v) is 18.5. The molecule has 148 valence electrons. The molecule has 3 aromatic carbocycles. The van der Waals surface area contributed by atoms with Gasteiger partial charge in [0.2, 0.25) is 0 Å². The normalized spacial score (nSPS) is 10.1. The van der Waals surface area contributed by atoms with Crippen molar-refractivity contribution in [3.8, 4) is 17.2 Å². The van der Waals surface area contributed by atoms with Gasteiger partial charge in [-0.15, -0.1) is 0 Å². The Morgan fingerprint density at radius 1 is 0.571 bits per heavy atom. The lowest BCUT2D eigenvalue weighted by Gasteiger charge is -2.11. The molecule has 1 N–H and O–H groups in total. The van der Waals surface area contributed by atoms with Gasteiger partial charge in [-0.05, 0) is 76.4 Å². The average Bonchev–Trinajstić information content (AvgIpc) is 2.62. The van der Waals surface area contributed by atoms with E-state index in [9.17, 15) is 0 Å². The summed E-state index contributed by atoms with van der Waals surface area (Å²) in [7, 11) is -0.0265. The van der Waals surface area contributed by atoms with E-state index in [1.54, 1.807) is 6.07 Å². The maximum absolute atomic E-state index is 9.04. The molecule has 0 bridgehead atoms. The molecule has 3 aromatic rings. The Hall–Kier alpha value is -2.51. The maximum atomic E-state index is 9.04. The molecule has 0 spiro atoms. The summed E-state index contributed by atoms with van der Waals surface area (Å²) in [5.41, 5.74) is 6.88. The molecule has 3 rings (SSSR count). The number of aryl methyl sites for hydroxylation is 6. The van der Waals surface area contributed by atoms with Crippen molar-refractivity contribution in [3.05, 3.63) is 88.0 Å². The first-order valence-corrected chi connectivity index (χ1v) is 10.1. The summed E-state index contributed by atoms with van der Waals surface area (Å²) in [6.07, 6.45) is 0. The molecule has 0 fully saturated rings. The van der Waals surface area contributed by atoms with Crippen LogP contribution in [0.1, 0.15) is 33.4 Å². The zero-order chi connectivity index (χ0) is 20.7. The lowest BCUT2D eigenvalue weighted by Crippen LogP contribution is -1.90. The highest BCUT2D eigenvalue weighted by Gasteiger charge is 2.03. The number of hydrogen-bond donors (Lipinski definition) is 1. The van der Waals surface area contributed by atoms with Gasteiger partial charge >= 0.3 is 0 Å². The topological polar surface area (TPSA) is 38.7 Å². The average molecular weight is 396 g/mol. The summed E-state index contributed by atoms with van der Waals surface area (Å²) in [5.74, 6) is 2.14. The second-order valence-electron chi connectivity index (χ2n) is 7.12. The first kappa shape index (κ1) is 21.8. The van der Waals surface area contributed by atoms with E-state index in [0.717, 1.165) is 28.2 Å². The van der Waals surface area contributed by atoms with Crippen molar-refractivity contribution in [2.45, 2.75) is 41.5 Å². The standard InChI is InChI=1S/C16H19O2P.C8H10O/c1-11-5-7-15(13(3)9-11)17-19-18-16-8-6-12(2)10-14(16)4;1-6-3-4-8(9)7(2)5-6/h5-10,19H,1-4H3;3-5,9H,1-2H3. The highest BCUT2D eigenvalue weighted by atomic mass is 31.1. The molecule has 0 heterocycles. The molecule has 0 aromatic heterocycles. The van der Waals surface area contributed by atoms with Crippen LogP contribution in [-0.2, 0) is 0 Å². The molecular formula is C24H29O3P. The van der Waals surface area contributed by atoms with Crippen LogP contribution >= 0.6 is 9.03 Å². The van der Waals surface area contributed by atoms with Crippen LogP contribution in [0.3, 0.4) is 0 Å². The molecule has 0 saturated carbocycles. The molecule has 0 aliphatic heterocycles. The molecule has 4 heteroatoms. The Balaban J connectivity index is 0.000000261. The van der Waals surface area contributed by atoms with Crippen LogP contribution in [-0.4, -0.2) is 5.11 Å². The quantitative estimate of drug-likeness (QED) is 0.488. The van der Waals surface area contributed by atoms with E-state index in [1.807, 2.05) is 64.1 Å². The molecule has 0 aliphatic rings. The summed E-state index contributed by atoms with van der Waals surface area (Å²) in [4.78, 5) is 0. The highest BCUT2D eigenvalue weighted by Crippen LogP contribution is 2.30. The molecule has 3 nitrogen and oxygen atoms in total. The summed E-state index contributed by atoms with van der Waals surface area (Å²) < 4.78 is 11.4. The van der Waals surface area contributed by atoms with Crippen LogP contribution in [0, 0.1) is 41.5 Å². The summed E-state index contributed by atoms with van der Waals surface area (Å²) in [5, 5.41) is 9.04. The Morgan fingerprint density at radius 3 is 1.32 bits per heavy atom. The molecule has 0 atom stereocenters. The van der Waals surface area contributed by atoms with Gasteiger partial charge < -0.3 is 14.2 Å². The Labute approximate surface area is 170 Å². The van der Waals surface area contributed by atoms with Crippen LogP contribution in [0.5, 0.6) is 17.2 Å². The van der Waals surface area contributed by atoms with Gasteiger partial charge in [0.15, 0.2) is 0 Å². The third kappa shape index (κ3) is 6.58. The lowest BCUT2D eigenvalue weighted by atomic mass is 10.1. The zero-order valence-electron chi connectivity index (χ0n) is 17.5. The van der Waals surface area contributed by atoms with Crippen LogP contribution < -0.4 is 9.05 Å². The van der Waals surface area contributed by atoms with Crippen molar-refractivity contribution in [1.82, 2.24) is 0 Å². The SMILES string of the molecule is Cc1ccc(O)c(C)c1.Cc1ccc(OPOc2ccc(C)cc2C)c(C)c1. The van der Waals surface area contributed by atoms with Gasteiger partial charge in [0, 0.05) is 0 Å². The van der Waals surface area contributed by atoms with Crippen molar-refractivity contribution in [2.24, 2.45) is 0 Å². The van der Waals surface area contributed by atoms with Crippen molar-refractivity contribution < 1.29 is 14.2 Å². The minimum Gasteiger partial charge on any atom is -0.508 e. The molecule has 0 aliphatic carbocycles. The fourth-order valence-electron chi connectivity index (χ4n) is 2.74. The summed E-state index contributed by atoms with van der Waals surface area (Å²) in [6.45, 7) is 12.1. The fourth-order valence-corrected chi connectivity index (χ4v) is 3.42. The van der Waals surface area contributed by atoms with Crippen LogP contribution in [0.2, 0.25) is 0 Å². The van der Waals surface area contributed by atoms with Crippen LogP contribution in [0.15, 0.2) is 54.6 Å². The van der Waals surface area contributed by atoms with E-state index in [-0.39, 0.29) is 9.03 Å². The first-order valence-electron chi connectivity index (χ1n) is 9.25. The second-order valence-corrected chi connectivity index (χ2v) is 7.69. The van der Waals surface area contributed by atoms with Crippen LogP contribution in [0.25, 0.3) is 0 Å². The largest absolute Gasteiger partial charge is 0.508 e. The molecule has 0 radical (unpaired) electrons. The molecular weight excluding hydrogens is 367 g/mol. The van der Waals surface area contributed by atoms with E-state index in [2.05, 4.69) is 26.0 Å². The van der Waals surface area contributed by atoms with Gasteiger partial charge in [-0.25, -0.2) is 0 Å². The highest BCUT2D eigenvalue weighted by molar-refractivity contribution is 7.27. The van der Waals surface area contributed by atoms with Gasteiger partial charge in [-0.1, -0.05) is 53.1 Å². The van der Waals surface area contributed by atoms with E-state index in [0.29, 0.717) is 5.75 Å². The Morgan fingerprint density at radius 2 is 0.964 bits per heavy atom. The second kappa shape index (κ2) is 10.1. The fraction of sp³-hybridized carbons (Fsp3) is 0.250.